The number of hydrazine groups is 1. The third-order valence-electron chi connectivity index (χ3n) is 4.27. The number of nitrogens with zero attached hydrogens (tertiary/aromatic N) is 3. The molecule has 2 rings (SSSR count). The van der Waals surface area contributed by atoms with Gasteiger partial charge in [-0.2, -0.15) is 0 Å². The van der Waals surface area contributed by atoms with Gasteiger partial charge in [0.15, 0.2) is 5.82 Å². The average molecular weight is 425 g/mol. The van der Waals surface area contributed by atoms with Crippen LogP contribution in [0.25, 0.3) is 0 Å². The third kappa shape index (κ3) is 7.54. The summed E-state index contributed by atoms with van der Waals surface area (Å²) >= 11 is 0. The van der Waals surface area contributed by atoms with Gasteiger partial charge in [-0.05, 0) is 47.5 Å². The van der Waals surface area contributed by atoms with Crippen molar-refractivity contribution in [3.63, 3.8) is 0 Å². The largest absolute Gasteiger partial charge is 0.446 e. The number of hydrogen-bond donors (Lipinski definition) is 2. The van der Waals surface area contributed by atoms with E-state index in [-0.39, 0.29) is 30.7 Å². The second-order valence-corrected chi connectivity index (χ2v) is 7.75. The number of rotatable bonds is 6. The van der Waals surface area contributed by atoms with Gasteiger partial charge < -0.3 is 19.3 Å². The number of aryl methyl sites for hydroxylation is 1. The van der Waals surface area contributed by atoms with E-state index in [1.54, 1.807) is 40.7 Å². The molecule has 1 saturated heterocycles. The molecule has 1 aromatic rings. The Kier molecular flexibility index (Phi) is 8.46. The summed E-state index contributed by atoms with van der Waals surface area (Å²) in [4.78, 5) is 38.7. The smallest absolute Gasteiger partial charge is 0.429 e. The predicted octanol–water partition coefficient (Wildman–Crippen LogP) is 2.28. The molecule has 0 saturated carbocycles. The van der Waals surface area contributed by atoms with E-state index < -0.39 is 12.2 Å². The SMILES string of the molecule is Cc1cc(NC(=O)CN2CCC(N(NC(=O)OC(C)C)C(=O)OC(C)C)CC2)no1. The zero-order valence-corrected chi connectivity index (χ0v) is 18.1. The molecular formula is C19H31N5O6. The van der Waals surface area contributed by atoms with E-state index in [1.165, 1.54) is 5.01 Å². The molecule has 0 radical (unpaired) electrons. The molecule has 0 bridgehead atoms. The van der Waals surface area contributed by atoms with E-state index in [0.717, 1.165) is 0 Å². The van der Waals surface area contributed by atoms with Crippen molar-refractivity contribution in [1.29, 1.82) is 0 Å². The van der Waals surface area contributed by atoms with Crippen LogP contribution in [0.15, 0.2) is 10.6 Å². The van der Waals surface area contributed by atoms with Crippen LogP contribution in [-0.2, 0) is 14.3 Å². The van der Waals surface area contributed by atoms with E-state index >= 15 is 0 Å². The van der Waals surface area contributed by atoms with Crippen molar-refractivity contribution >= 4 is 23.9 Å². The van der Waals surface area contributed by atoms with E-state index in [9.17, 15) is 14.4 Å². The molecule has 2 heterocycles. The van der Waals surface area contributed by atoms with Gasteiger partial charge in [-0.3, -0.25) is 9.69 Å². The Hall–Kier alpha value is -2.82. The summed E-state index contributed by atoms with van der Waals surface area (Å²) in [6.45, 7) is 10.00. The first-order valence-electron chi connectivity index (χ1n) is 10.1. The number of hydrogen-bond acceptors (Lipinski definition) is 8. The molecule has 1 aliphatic heterocycles. The average Bonchev–Trinajstić information content (AvgIpc) is 3.03. The zero-order valence-electron chi connectivity index (χ0n) is 18.1. The van der Waals surface area contributed by atoms with Crippen LogP contribution in [0.4, 0.5) is 15.4 Å². The number of aromatic nitrogens is 1. The summed E-state index contributed by atoms with van der Waals surface area (Å²) in [5.74, 6) is 0.794. The molecule has 1 aliphatic rings. The Labute approximate surface area is 176 Å². The molecule has 1 fully saturated rings. The summed E-state index contributed by atoms with van der Waals surface area (Å²) in [5.41, 5.74) is 2.49. The maximum atomic E-state index is 12.5. The number of carbonyl (C=O) groups is 3. The van der Waals surface area contributed by atoms with E-state index in [4.69, 9.17) is 14.0 Å². The lowest BCUT2D eigenvalue weighted by Gasteiger charge is -2.37. The summed E-state index contributed by atoms with van der Waals surface area (Å²) in [7, 11) is 0. The third-order valence-corrected chi connectivity index (χ3v) is 4.27. The topological polar surface area (TPSA) is 126 Å². The van der Waals surface area contributed by atoms with Crippen molar-refractivity contribution in [2.24, 2.45) is 0 Å². The number of ether oxygens (including phenoxy) is 2. The number of nitrogens with one attached hydrogen (secondary N) is 2. The fourth-order valence-corrected chi connectivity index (χ4v) is 3.03. The molecule has 3 amide bonds. The number of carbonyl (C=O) groups excluding carboxylic acids is 3. The van der Waals surface area contributed by atoms with Crippen LogP contribution in [0.2, 0.25) is 0 Å². The first-order chi connectivity index (χ1) is 14.1. The van der Waals surface area contributed by atoms with Crippen molar-refractivity contribution < 1.29 is 28.4 Å². The van der Waals surface area contributed by atoms with Gasteiger partial charge in [-0.1, -0.05) is 5.16 Å². The van der Waals surface area contributed by atoms with Crippen LogP contribution < -0.4 is 10.7 Å². The molecule has 1 aromatic heterocycles. The first kappa shape index (κ1) is 23.5. The van der Waals surface area contributed by atoms with E-state index in [0.29, 0.717) is 37.5 Å². The Morgan fingerprint density at radius 2 is 1.83 bits per heavy atom. The Bertz CT molecular complexity index is 727. The van der Waals surface area contributed by atoms with Gasteiger partial charge in [0.05, 0.1) is 24.8 Å². The molecule has 0 aliphatic carbocycles. The highest BCUT2D eigenvalue weighted by atomic mass is 16.6. The van der Waals surface area contributed by atoms with Gasteiger partial charge in [0, 0.05) is 19.2 Å². The summed E-state index contributed by atoms with van der Waals surface area (Å²) < 4.78 is 15.3. The van der Waals surface area contributed by atoms with Gasteiger partial charge in [-0.25, -0.2) is 20.0 Å². The molecule has 11 heteroatoms. The summed E-state index contributed by atoms with van der Waals surface area (Å²) in [6, 6.07) is 1.37. The van der Waals surface area contributed by atoms with Gasteiger partial charge >= 0.3 is 12.2 Å². The molecule has 0 aromatic carbocycles. The zero-order chi connectivity index (χ0) is 22.3. The van der Waals surface area contributed by atoms with E-state index in [2.05, 4.69) is 15.9 Å². The number of piperidine rings is 1. The van der Waals surface area contributed by atoms with Gasteiger partial charge in [0.1, 0.15) is 5.76 Å². The Morgan fingerprint density at radius 3 is 2.37 bits per heavy atom. The standard InChI is InChI=1S/C19H31N5O6/c1-12(2)28-18(26)21-24(19(27)29-13(3)4)15-6-8-23(9-7-15)11-17(25)20-16-10-14(5)30-22-16/h10,12-13,15H,6-9,11H2,1-5H3,(H,21,26)(H,20,22,25). The highest BCUT2D eigenvalue weighted by molar-refractivity contribution is 5.91. The summed E-state index contributed by atoms with van der Waals surface area (Å²) in [6.07, 6.45) is -0.871. The quantitative estimate of drug-likeness (QED) is 0.665. The van der Waals surface area contributed by atoms with Crippen LogP contribution >= 0.6 is 0 Å². The molecular weight excluding hydrogens is 394 g/mol. The van der Waals surface area contributed by atoms with Crippen molar-refractivity contribution in [3.8, 4) is 0 Å². The Morgan fingerprint density at radius 1 is 1.20 bits per heavy atom. The highest BCUT2D eigenvalue weighted by Crippen LogP contribution is 2.17. The minimum absolute atomic E-state index is 0.192. The second kappa shape index (κ2) is 10.8. The molecule has 168 valence electrons. The van der Waals surface area contributed by atoms with Gasteiger partial charge in [-0.15, -0.1) is 0 Å². The fraction of sp³-hybridized carbons (Fsp3) is 0.684. The van der Waals surface area contributed by atoms with Crippen LogP contribution in [0, 0.1) is 6.92 Å². The van der Waals surface area contributed by atoms with Crippen molar-refractivity contribution in [3.05, 3.63) is 11.8 Å². The van der Waals surface area contributed by atoms with Gasteiger partial charge in [0.2, 0.25) is 5.91 Å². The van der Waals surface area contributed by atoms with E-state index in [1.807, 2.05) is 4.90 Å². The second-order valence-electron chi connectivity index (χ2n) is 7.75. The number of anilines is 1. The molecule has 0 atom stereocenters. The maximum Gasteiger partial charge on any atom is 0.429 e. The van der Waals surface area contributed by atoms with Crippen molar-refractivity contribution in [2.45, 2.75) is 65.7 Å². The van der Waals surface area contributed by atoms with Gasteiger partial charge in [0.25, 0.3) is 0 Å². The van der Waals surface area contributed by atoms with Crippen LogP contribution in [0.5, 0.6) is 0 Å². The lowest BCUT2D eigenvalue weighted by atomic mass is 10.0. The van der Waals surface area contributed by atoms with Crippen molar-refractivity contribution in [2.75, 3.05) is 25.0 Å². The maximum absolute atomic E-state index is 12.5. The lowest BCUT2D eigenvalue weighted by Crippen LogP contribution is -2.56. The lowest BCUT2D eigenvalue weighted by molar-refractivity contribution is -0.117. The first-order valence-corrected chi connectivity index (χ1v) is 10.1. The van der Waals surface area contributed by atoms with Crippen LogP contribution in [-0.4, -0.2) is 71.0 Å². The molecule has 0 unspecified atom stereocenters. The molecule has 2 N–H and O–H groups in total. The predicted molar refractivity (Wildman–Crippen MR) is 108 cm³/mol. The minimum atomic E-state index is -0.713. The fourth-order valence-electron chi connectivity index (χ4n) is 3.03. The molecule has 11 nitrogen and oxygen atoms in total. The summed E-state index contributed by atoms with van der Waals surface area (Å²) in [5, 5.41) is 7.62. The minimum Gasteiger partial charge on any atom is -0.446 e. The Balaban J connectivity index is 1.89. The van der Waals surface area contributed by atoms with Crippen molar-refractivity contribution in [1.82, 2.24) is 20.5 Å². The number of amides is 3. The molecule has 30 heavy (non-hydrogen) atoms. The highest BCUT2D eigenvalue weighted by Gasteiger charge is 2.32. The monoisotopic (exact) mass is 425 g/mol. The van der Waals surface area contributed by atoms with Crippen LogP contribution in [0.3, 0.4) is 0 Å². The van der Waals surface area contributed by atoms with Crippen LogP contribution in [0.1, 0.15) is 46.3 Å². The number of likely N-dealkylation sites (tertiary alicyclic amines) is 1. The molecule has 0 spiro atoms. The normalized spacial score (nSPS) is 15.2.